The van der Waals surface area contributed by atoms with E-state index in [1.807, 2.05) is 6.92 Å². The zero-order valence-corrected chi connectivity index (χ0v) is 14.1. The van der Waals surface area contributed by atoms with Gasteiger partial charge in [-0.1, -0.05) is 20.3 Å². The number of aliphatic hydroxyl groups excluding tert-OH is 1. The first kappa shape index (κ1) is 19.9. The zero-order chi connectivity index (χ0) is 16.6. The molecule has 124 valence electrons. The SMILES string of the molecule is CCCC(O)C[C@H](C)C(C(=O)OC(C)C)C(=O)OC(C)C. The summed E-state index contributed by atoms with van der Waals surface area (Å²) >= 11 is 0. The molecular formula is C16H30O5. The van der Waals surface area contributed by atoms with Crippen molar-refractivity contribution in [3.05, 3.63) is 0 Å². The molecule has 0 amide bonds. The van der Waals surface area contributed by atoms with E-state index in [1.54, 1.807) is 34.6 Å². The molecule has 0 fully saturated rings. The van der Waals surface area contributed by atoms with Crippen LogP contribution in [0, 0.1) is 11.8 Å². The molecule has 0 heterocycles. The van der Waals surface area contributed by atoms with Crippen LogP contribution in [0.4, 0.5) is 0 Å². The predicted molar refractivity (Wildman–Crippen MR) is 80.6 cm³/mol. The van der Waals surface area contributed by atoms with Crippen molar-refractivity contribution in [1.29, 1.82) is 0 Å². The second-order valence-electron chi connectivity index (χ2n) is 6.10. The summed E-state index contributed by atoms with van der Waals surface area (Å²) in [6.07, 6.45) is 0.769. The Morgan fingerprint density at radius 1 is 0.952 bits per heavy atom. The lowest BCUT2D eigenvalue weighted by atomic mass is 9.88. The number of aliphatic hydroxyl groups is 1. The van der Waals surface area contributed by atoms with Crippen molar-refractivity contribution >= 4 is 11.9 Å². The molecule has 0 saturated carbocycles. The summed E-state index contributed by atoms with van der Waals surface area (Å²) in [4.78, 5) is 24.3. The maximum atomic E-state index is 12.2. The van der Waals surface area contributed by atoms with Gasteiger partial charge in [-0.3, -0.25) is 9.59 Å². The average Bonchev–Trinajstić information content (AvgIpc) is 2.26. The highest BCUT2D eigenvalue weighted by atomic mass is 16.6. The van der Waals surface area contributed by atoms with E-state index in [0.29, 0.717) is 12.8 Å². The third kappa shape index (κ3) is 8.05. The van der Waals surface area contributed by atoms with Gasteiger partial charge >= 0.3 is 11.9 Å². The van der Waals surface area contributed by atoms with E-state index in [0.717, 1.165) is 6.42 Å². The molecule has 21 heavy (non-hydrogen) atoms. The summed E-state index contributed by atoms with van der Waals surface area (Å²) in [5.41, 5.74) is 0. The second kappa shape index (κ2) is 9.77. The predicted octanol–water partition coefficient (Wildman–Crippen LogP) is 2.69. The quantitative estimate of drug-likeness (QED) is 0.523. The highest BCUT2D eigenvalue weighted by Crippen LogP contribution is 2.23. The van der Waals surface area contributed by atoms with Gasteiger partial charge in [-0.05, 0) is 46.5 Å². The van der Waals surface area contributed by atoms with Crippen molar-refractivity contribution in [3.8, 4) is 0 Å². The van der Waals surface area contributed by atoms with E-state index in [1.165, 1.54) is 0 Å². The molecule has 0 aliphatic carbocycles. The first-order valence-corrected chi connectivity index (χ1v) is 7.78. The third-order valence-corrected chi connectivity index (χ3v) is 3.05. The van der Waals surface area contributed by atoms with Crippen LogP contribution in [0.3, 0.4) is 0 Å². The van der Waals surface area contributed by atoms with Crippen LogP contribution in [-0.2, 0) is 19.1 Å². The normalized spacial score (nSPS) is 14.4. The Morgan fingerprint density at radius 3 is 1.71 bits per heavy atom. The smallest absolute Gasteiger partial charge is 0.320 e. The maximum absolute atomic E-state index is 12.2. The van der Waals surface area contributed by atoms with E-state index >= 15 is 0 Å². The van der Waals surface area contributed by atoms with E-state index in [2.05, 4.69) is 0 Å². The number of esters is 2. The fourth-order valence-electron chi connectivity index (χ4n) is 2.19. The van der Waals surface area contributed by atoms with Crippen LogP contribution in [0.2, 0.25) is 0 Å². The number of carbonyl (C=O) groups excluding carboxylic acids is 2. The van der Waals surface area contributed by atoms with Crippen LogP contribution in [0.25, 0.3) is 0 Å². The molecule has 1 unspecified atom stereocenters. The highest BCUT2D eigenvalue weighted by molar-refractivity contribution is 5.95. The highest BCUT2D eigenvalue weighted by Gasteiger charge is 2.36. The monoisotopic (exact) mass is 302 g/mol. The summed E-state index contributed by atoms with van der Waals surface area (Å²) in [6, 6.07) is 0. The number of rotatable bonds is 9. The Labute approximate surface area is 128 Å². The first-order valence-electron chi connectivity index (χ1n) is 7.78. The number of hydrogen-bond acceptors (Lipinski definition) is 5. The number of carbonyl (C=O) groups is 2. The molecule has 0 bridgehead atoms. The average molecular weight is 302 g/mol. The van der Waals surface area contributed by atoms with Gasteiger partial charge in [0.2, 0.25) is 0 Å². The molecule has 0 radical (unpaired) electrons. The van der Waals surface area contributed by atoms with E-state index in [9.17, 15) is 14.7 Å². The molecule has 0 spiro atoms. The van der Waals surface area contributed by atoms with Gasteiger partial charge in [0.1, 0.15) is 0 Å². The third-order valence-electron chi connectivity index (χ3n) is 3.05. The molecule has 0 rings (SSSR count). The molecule has 0 saturated heterocycles. The fourth-order valence-corrected chi connectivity index (χ4v) is 2.19. The Morgan fingerprint density at radius 2 is 1.38 bits per heavy atom. The van der Waals surface area contributed by atoms with E-state index < -0.39 is 24.0 Å². The van der Waals surface area contributed by atoms with Crippen molar-refractivity contribution in [2.45, 2.75) is 79.1 Å². The molecule has 0 aliphatic rings. The topological polar surface area (TPSA) is 72.8 Å². The molecule has 2 atom stereocenters. The molecule has 1 N–H and O–H groups in total. The van der Waals surface area contributed by atoms with Crippen LogP contribution < -0.4 is 0 Å². The largest absolute Gasteiger partial charge is 0.462 e. The fraction of sp³-hybridized carbons (Fsp3) is 0.875. The first-order chi connectivity index (χ1) is 9.68. The molecule has 0 aromatic rings. The number of hydrogen-bond donors (Lipinski definition) is 1. The van der Waals surface area contributed by atoms with Gasteiger partial charge in [0.05, 0.1) is 18.3 Å². The van der Waals surface area contributed by atoms with E-state index in [-0.39, 0.29) is 18.1 Å². The number of ether oxygens (including phenoxy) is 2. The minimum atomic E-state index is -0.985. The lowest BCUT2D eigenvalue weighted by Crippen LogP contribution is -2.36. The van der Waals surface area contributed by atoms with Gasteiger partial charge in [0, 0.05) is 0 Å². The molecule has 0 aromatic heterocycles. The summed E-state index contributed by atoms with van der Waals surface area (Å²) in [5, 5.41) is 9.89. The van der Waals surface area contributed by atoms with Crippen LogP contribution in [0.15, 0.2) is 0 Å². The molecule has 0 aliphatic heterocycles. The Kier molecular flexibility index (Phi) is 9.26. The van der Waals surface area contributed by atoms with Crippen molar-refractivity contribution in [2.75, 3.05) is 0 Å². The lowest BCUT2D eigenvalue weighted by molar-refractivity contribution is -0.169. The summed E-state index contributed by atoms with van der Waals surface area (Å²) in [7, 11) is 0. The van der Waals surface area contributed by atoms with Crippen molar-refractivity contribution in [3.63, 3.8) is 0 Å². The minimum absolute atomic E-state index is 0.292. The maximum Gasteiger partial charge on any atom is 0.320 e. The zero-order valence-electron chi connectivity index (χ0n) is 14.1. The molecular weight excluding hydrogens is 272 g/mol. The van der Waals surface area contributed by atoms with Crippen molar-refractivity contribution in [1.82, 2.24) is 0 Å². The van der Waals surface area contributed by atoms with Crippen molar-refractivity contribution < 1.29 is 24.2 Å². The van der Waals surface area contributed by atoms with Crippen LogP contribution in [-0.4, -0.2) is 35.4 Å². The van der Waals surface area contributed by atoms with Crippen LogP contribution in [0.1, 0.15) is 60.8 Å². The Bertz CT molecular complexity index is 303. The van der Waals surface area contributed by atoms with E-state index in [4.69, 9.17) is 9.47 Å². The van der Waals surface area contributed by atoms with Gasteiger partial charge in [-0.25, -0.2) is 0 Å². The van der Waals surface area contributed by atoms with Crippen LogP contribution >= 0.6 is 0 Å². The lowest BCUT2D eigenvalue weighted by Gasteiger charge is -2.24. The van der Waals surface area contributed by atoms with Gasteiger partial charge in [-0.2, -0.15) is 0 Å². The van der Waals surface area contributed by atoms with Crippen molar-refractivity contribution in [2.24, 2.45) is 11.8 Å². The van der Waals surface area contributed by atoms with Gasteiger partial charge < -0.3 is 14.6 Å². The van der Waals surface area contributed by atoms with Gasteiger partial charge in [0.25, 0.3) is 0 Å². The summed E-state index contributed by atoms with van der Waals surface area (Å²) in [5.74, 6) is -2.47. The molecule has 5 heteroatoms. The standard InChI is InChI=1S/C16H30O5/c1-7-8-13(17)9-12(6)14(15(18)20-10(2)3)16(19)21-11(4)5/h10-14,17H,7-9H2,1-6H3/t12-,13?/m0/s1. The molecule has 0 aromatic carbocycles. The Hall–Kier alpha value is -1.10. The van der Waals surface area contributed by atoms with Crippen LogP contribution in [0.5, 0.6) is 0 Å². The van der Waals surface area contributed by atoms with Gasteiger partial charge in [0.15, 0.2) is 5.92 Å². The summed E-state index contributed by atoms with van der Waals surface area (Å²) < 4.78 is 10.3. The van der Waals surface area contributed by atoms with Gasteiger partial charge in [-0.15, -0.1) is 0 Å². The minimum Gasteiger partial charge on any atom is -0.462 e. The molecule has 5 nitrogen and oxygen atoms in total. The second-order valence-corrected chi connectivity index (χ2v) is 6.10. The Balaban J connectivity index is 4.93. The summed E-state index contributed by atoms with van der Waals surface area (Å²) in [6.45, 7) is 10.7.